The minimum atomic E-state index is -3.58. The van der Waals surface area contributed by atoms with Gasteiger partial charge in [0.25, 0.3) is 0 Å². The Morgan fingerprint density at radius 1 is 1.33 bits per heavy atom. The highest BCUT2D eigenvalue weighted by molar-refractivity contribution is 7.89. The third kappa shape index (κ3) is 3.39. The number of benzene rings is 1. The van der Waals surface area contributed by atoms with Crippen molar-refractivity contribution in [2.75, 3.05) is 13.7 Å². The molecule has 0 amide bonds. The maximum atomic E-state index is 12.9. The Kier molecular flexibility index (Phi) is 5.24. The monoisotopic (exact) mass is 313 g/mol. The van der Waals surface area contributed by atoms with Crippen LogP contribution in [0.2, 0.25) is 0 Å². The van der Waals surface area contributed by atoms with E-state index in [1.54, 1.807) is 16.4 Å². The fourth-order valence-corrected chi connectivity index (χ4v) is 4.59. The van der Waals surface area contributed by atoms with E-state index < -0.39 is 10.0 Å². The second-order valence-corrected chi connectivity index (χ2v) is 7.32. The highest BCUT2D eigenvalue weighted by atomic mass is 32.2. The maximum Gasteiger partial charge on any atom is 0.246 e. The summed E-state index contributed by atoms with van der Waals surface area (Å²) in [6.07, 6.45) is 3.90. The zero-order valence-electron chi connectivity index (χ0n) is 12.6. The Morgan fingerprint density at radius 3 is 2.76 bits per heavy atom. The first-order valence-electron chi connectivity index (χ1n) is 7.30. The molecule has 0 bridgehead atoms. The molecule has 1 aromatic carbocycles. The third-order valence-electron chi connectivity index (χ3n) is 3.99. The topological polar surface area (TPSA) is 66.8 Å². The van der Waals surface area contributed by atoms with Crippen LogP contribution in [0.5, 0.6) is 5.75 Å². The molecule has 1 saturated heterocycles. The third-order valence-corrected chi connectivity index (χ3v) is 6.04. The fraction of sp³-hybridized carbons (Fsp3) is 0.600. The molecular formula is C15H23NO4S. The van der Waals surface area contributed by atoms with E-state index in [1.165, 1.54) is 13.2 Å². The van der Waals surface area contributed by atoms with Crippen LogP contribution in [0.1, 0.15) is 38.2 Å². The van der Waals surface area contributed by atoms with Crippen molar-refractivity contribution < 1.29 is 18.3 Å². The van der Waals surface area contributed by atoms with E-state index in [4.69, 9.17) is 9.84 Å². The van der Waals surface area contributed by atoms with E-state index >= 15 is 0 Å². The smallest absolute Gasteiger partial charge is 0.246 e. The normalized spacial score (nSPS) is 21.0. The summed E-state index contributed by atoms with van der Waals surface area (Å²) >= 11 is 0. The number of methoxy groups -OCH3 is 1. The molecule has 1 unspecified atom stereocenters. The fourth-order valence-electron chi connectivity index (χ4n) is 2.76. The summed E-state index contributed by atoms with van der Waals surface area (Å²) in [5.41, 5.74) is 0.634. The molecule has 118 valence electrons. The molecule has 1 fully saturated rings. The van der Waals surface area contributed by atoms with Gasteiger partial charge in [-0.05, 0) is 37.5 Å². The van der Waals surface area contributed by atoms with Gasteiger partial charge in [-0.25, -0.2) is 8.42 Å². The van der Waals surface area contributed by atoms with E-state index in [2.05, 4.69) is 0 Å². The minimum Gasteiger partial charge on any atom is -0.495 e. The van der Waals surface area contributed by atoms with E-state index in [0.717, 1.165) is 25.7 Å². The summed E-state index contributed by atoms with van der Waals surface area (Å²) in [6.45, 7) is 2.36. The van der Waals surface area contributed by atoms with Crippen LogP contribution in [0.4, 0.5) is 0 Å². The zero-order chi connectivity index (χ0) is 15.5. The molecule has 0 aromatic heterocycles. The second-order valence-electron chi connectivity index (χ2n) is 5.46. The lowest BCUT2D eigenvalue weighted by Crippen LogP contribution is -2.38. The molecular weight excluding hydrogens is 290 g/mol. The van der Waals surface area contributed by atoms with Crippen molar-refractivity contribution in [3.05, 3.63) is 23.8 Å². The Hall–Kier alpha value is -1.11. The van der Waals surface area contributed by atoms with Crippen LogP contribution in [0.15, 0.2) is 23.1 Å². The Morgan fingerprint density at radius 2 is 2.10 bits per heavy atom. The first-order valence-corrected chi connectivity index (χ1v) is 8.74. The van der Waals surface area contributed by atoms with Gasteiger partial charge in [-0.15, -0.1) is 0 Å². The van der Waals surface area contributed by atoms with Gasteiger partial charge in [0.1, 0.15) is 10.6 Å². The number of hydrogen-bond acceptors (Lipinski definition) is 4. The number of rotatable bonds is 4. The van der Waals surface area contributed by atoms with Crippen LogP contribution in [-0.2, 0) is 16.6 Å². The molecule has 21 heavy (non-hydrogen) atoms. The Bertz CT molecular complexity index is 585. The van der Waals surface area contributed by atoms with E-state index in [-0.39, 0.29) is 23.3 Å². The largest absolute Gasteiger partial charge is 0.495 e. The van der Waals surface area contributed by atoms with E-state index in [1.807, 2.05) is 6.92 Å². The average molecular weight is 313 g/mol. The van der Waals surface area contributed by atoms with Crippen molar-refractivity contribution >= 4 is 10.0 Å². The number of aliphatic hydroxyl groups excluding tert-OH is 1. The lowest BCUT2D eigenvalue weighted by atomic mass is 10.1. The molecule has 6 heteroatoms. The van der Waals surface area contributed by atoms with Gasteiger partial charge in [0.05, 0.1) is 13.7 Å². The number of hydrogen-bond donors (Lipinski definition) is 1. The van der Waals surface area contributed by atoms with Crippen molar-refractivity contribution in [1.82, 2.24) is 4.31 Å². The summed E-state index contributed by atoms with van der Waals surface area (Å²) in [7, 11) is -2.13. The molecule has 1 aliphatic heterocycles. The van der Waals surface area contributed by atoms with E-state index in [0.29, 0.717) is 12.1 Å². The number of nitrogens with zero attached hydrogens (tertiary/aromatic N) is 1. The standard InChI is InChI=1S/C15H23NO4S/c1-12-6-4-3-5-9-16(12)21(18,19)15-8-7-13(11-17)10-14(15)20-2/h7-8,10,12,17H,3-6,9,11H2,1-2H3. The quantitative estimate of drug-likeness (QED) is 0.925. The lowest BCUT2D eigenvalue weighted by Gasteiger charge is -2.27. The van der Waals surface area contributed by atoms with Gasteiger partial charge in [0.15, 0.2) is 0 Å². The van der Waals surface area contributed by atoms with Crippen molar-refractivity contribution in [2.24, 2.45) is 0 Å². The van der Waals surface area contributed by atoms with Gasteiger partial charge in [-0.1, -0.05) is 18.9 Å². The minimum absolute atomic E-state index is 0.000255. The Balaban J connectivity index is 2.42. The molecule has 2 rings (SSSR count). The second kappa shape index (κ2) is 6.77. The maximum absolute atomic E-state index is 12.9. The first kappa shape index (κ1) is 16.3. The lowest BCUT2D eigenvalue weighted by molar-refractivity contribution is 0.280. The number of aliphatic hydroxyl groups is 1. The molecule has 1 aromatic rings. The molecule has 0 spiro atoms. The summed E-state index contributed by atoms with van der Waals surface area (Å²) in [4.78, 5) is 0.177. The van der Waals surface area contributed by atoms with Crippen molar-refractivity contribution in [3.8, 4) is 5.75 Å². The first-order chi connectivity index (χ1) is 10.0. The summed E-state index contributed by atoms with van der Waals surface area (Å²) in [6, 6.07) is 4.73. The SMILES string of the molecule is COc1cc(CO)ccc1S(=O)(=O)N1CCCCCC1C. The number of ether oxygens (including phenoxy) is 1. The van der Waals surface area contributed by atoms with Crippen LogP contribution in [0.3, 0.4) is 0 Å². The van der Waals surface area contributed by atoms with Crippen molar-refractivity contribution in [2.45, 2.75) is 50.2 Å². The van der Waals surface area contributed by atoms with Crippen LogP contribution in [-0.4, -0.2) is 37.5 Å². The molecule has 1 atom stereocenters. The predicted octanol–water partition coefficient (Wildman–Crippen LogP) is 2.14. The van der Waals surface area contributed by atoms with Crippen molar-refractivity contribution in [1.29, 1.82) is 0 Å². The Labute approximate surface area is 126 Å². The molecule has 1 aliphatic rings. The van der Waals surface area contributed by atoms with Crippen LogP contribution >= 0.6 is 0 Å². The zero-order valence-corrected chi connectivity index (χ0v) is 13.4. The molecule has 0 aliphatic carbocycles. The van der Waals surface area contributed by atoms with Crippen LogP contribution in [0, 0.1) is 0 Å². The van der Waals surface area contributed by atoms with Crippen LogP contribution in [0.25, 0.3) is 0 Å². The van der Waals surface area contributed by atoms with Gasteiger partial charge < -0.3 is 9.84 Å². The van der Waals surface area contributed by atoms with Gasteiger partial charge >= 0.3 is 0 Å². The number of sulfonamides is 1. The summed E-state index contributed by atoms with van der Waals surface area (Å²) < 4.78 is 32.6. The molecule has 5 nitrogen and oxygen atoms in total. The predicted molar refractivity (Wildman–Crippen MR) is 80.7 cm³/mol. The van der Waals surface area contributed by atoms with Crippen LogP contribution < -0.4 is 4.74 Å². The van der Waals surface area contributed by atoms with Gasteiger partial charge in [0, 0.05) is 12.6 Å². The average Bonchev–Trinajstić information content (AvgIpc) is 2.71. The van der Waals surface area contributed by atoms with Gasteiger partial charge in [-0.3, -0.25) is 0 Å². The molecule has 0 saturated carbocycles. The summed E-state index contributed by atoms with van der Waals surface area (Å²) in [5.74, 6) is 0.290. The van der Waals surface area contributed by atoms with Crippen molar-refractivity contribution in [3.63, 3.8) is 0 Å². The molecule has 1 heterocycles. The van der Waals surface area contributed by atoms with Gasteiger partial charge in [0.2, 0.25) is 10.0 Å². The highest BCUT2D eigenvalue weighted by Crippen LogP contribution is 2.31. The van der Waals surface area contributed by atoms with E-state index in [9.17, 15) is 8.42 Å². The summed E-state index contributed by atoms with van der Waals surface area (Å²) in [5, 5.41) is 9.16. The molecule has 1 N–H and O–H groups in total. The van der Waals surface area contributed by atoms with Gasteiger partial charge in [-0.2, -0.15) is 4.31 Å². The highest BCUT2D eigenvalue weighted by Gasteiger charge is 2.32. The molecule has 0 radical (unpaired) electrons.